The molecule has 0 aliphatic heterocycles. The maximum absolute atomic E-state index is 13.6. The SMILES string of the molecule is NCc1sc2ccccc2c1COc1ccccc1F. The van der Waals surface area contributed by atoms with Crippen LogP contribution in [0.1, 0.15) is 10.4 Å². The van der Waals surface area contributed by atoms with Crippen LogP contribution in [-0.2, 0) is 13.2 Å². The third-order valence-corrected chi connectivity index (χ3v) is 4.41. The van der Waals surface area contributed by atoms with E-state index < -0.39 is 0 Å². The van der Waals surface area contributed by atoms with Crippen LogP contribution in [0.3, 0.4) is 0 Å². The van der Waals surface area contributed by atoms with Crippen LogP contribution < -0.4 is 10.5 Å². The van der Waals surface area contributed by atoms with E-state index in [0.29, 0.717) is 13.2 Å². The van der Waals surface area contributed by atoms with E-state index in [2.05, 4.69) is 6.07 Å². The zero-order chi connectivity index (χ0) is 13.9. The predicted molar refractivity (Wildman–Crippen MR) is 80.4 cm³/mol. The van der Waals surface area contributed by atoms with Gasteiger partial charge < -0.3 is 10.5 Å². The van der Waals surface area contributed by atoms with Crippen molar-refractivity contribution < 1.29 is 9.13 Å². The molecule has 1 aromatic heterocycles. The first-order valence-electron chi connectivity index (χ1n) is 6.36. The normalized spacial score (nSPS) is 10.9. The molecule has 0 saturated carbocycles. The Kier molecular flexibility index (Phi) is 3.67. The van der Waals surface area contributed by atoms with E-state index in [1.807, 2.05) is 18.2 Å². The molecule has 0 aliphatic rings. The number of benzene rings is 2. The molecule has 0 radical (unpaired) electrons. The number of ether oxygens (including phenoxy) is 1. The van der Waals surface area contributed by atoms with Gasteiger partial charge in [0.2, 0.25) is 0 Å². The summed E-state index contributed by atoms with van der Waals surface area (Å²) in [6.45, 7) is 0.798. The smallest absolute Gasteiger partial charge is 0.165 e. The molecule has 0 unspecified atom stereocenters. The second-order valence-corrected chi connectivity index (χ2v) is 5.56. The van der Waals surface area contributed by atoms with Crippen molar-refractivity contribution in [3.05, 3.63) is 64.8 Å². The molecule has 2 N–H and O–H groups in total. The van der Waals surface area contributed by atoms with Crippen LogP contribution in [0, 0.1) is 5.82 Å². The van der Waals surface area contributed by atoms with Crippen molar-refractivity contribution in [3.8, 4) is 5.75 Å². The number of nitrogens with two attached hydrogens (primary N) is 1. The minimum absolute atomic E-state index is 0.269. The first-order chi connectivity index (χ1) is 9.79. The van der Waals surface area contributed by atoms with E-state index in [4.69, 9.17) is 10.5 Å². The van der Waals surface area contributed by atoms with E-state index >= 15 is 0 Å². The summed E-state index contributed by atoms with van der Waals surface area (Å²) in [5.74, 6) is -0.0768. The summed E-state index contributed by atoms with van der Waals surface area (Å²) >= 11 is 1.66. The van der Waals surface area contributed by atoms with Gasteiger partial charge in [-0.3, -0.25) is 0 Å². The maximum atomic E-state index is 13.6. The highest BCUT2D eigenvalue weighted by Crippen LogP contribution is 2.32. The van der Waals surface area contributed by atoms with Crippen molar-refractivity contribution in [3.63, 3.8) is 0 Å². The van der Waals surface area contributed by atoms with Gasteiger partial charge in [0.05, 0.1) is 0 Å². The first-order valence-corrected chi connectivity index (χ1v) is 7.18. The summed E-state index contributed by atoms with van der Waals surface area (Å²) in [4.78, 5) is 1.09. The molecule has 102 valence electrons. The molecule has 0 spiro atoms. The van der Waals surface area contributed by atoms with Crippen molar-refractivity contribution in [1.82, 2.24) is 0 Å². The number of para-hydroxylation sites is 1. The van der Waals surface area contributed by atoms with Gasteiger partial charge >= 0.3 is 0 Å². The Morgan fingerprint density at radius 1 is 1.05 bits per heavy atom. The number of thiophene rings is 1. The van der Waals surface area contributed by atoms with Gasteiger partial charge in [0.25, 0.3) is 0 Å². The molecule has 4 heteroatoms. The molecule has 0 aliphatic carbocycles. The second-order valence-electron chi connectivity index (χ2n) is 4.42. The molecular formula is C16H14FNOS. The Balaban J connectivity index is 1.92. The summed E-state index contributed by atoms with van der Waals surface area (Å²) < 4.78 is 20.4. The highest BCUT2D eigenvalue weighted by atomic mass is 32.1. The molecule has 0 atom stereocenters. The molecule has 2 aromatic carbocycles. The van der Waals surface area contributed by atoms with Gasteiger partial charge in [0.1, 0.15) is 6.61 Å². The van der Waals surface area contributed by atoms with Crippen LogP contribution in [0.5, 0.6) is 5.75 Å². The molecule has 2 nitrogen and oxygen atoms in total. The van der Waals surface area contributed by atoms with Gasteiger partial charge in [-0.25, -0.2) is 4.39 Å². The van der Waals surface area contributed by atoms with E-state index in [0.717, 1.165) is 15.8 Å². The Labute approximate surface area is 120 Å². The van der Waals surface area contributed by atoms with Crippen LogP contribution in [0.15, 0.2) is 48.5 Å². The average molecular weight is 287 g/mol. The molecule has 20 heavy (non-hydrogen) atoms. The standard InChI is InChI=1S/C16H14FNOS/c17-13-6-2-3-7-14(13)19-10-12-11-5-1-4-8-15(11)20-16(12)9-18/h1-8H,9-10,18H2. The molecular weight excluding hydrogens is 273 g/mol. The van der Waals surface area contributed by atoms with Gasteiger partial charge in [-0.15, -0.1) is 11.3 Å². The summed E-state index contributed by atoms with van der Waals surface area (Å²) in [5.41, 5.74) is 6.85. The lowest BCUT2D eigenvalue weighted by Crippen LogP contribution is -2.02. The lowest BCUT2D eigenvalue weighted by atomic mass is 10.1. The fraction of sp³-hybridized carbons (Fsp3) is 0.125. The van der Waals surface area contributed by atoms with Crippen molar-refractivity contribution in [2.45, 2.75) is 13.2 Å². The molecule has 0 fully saturated rings. The van der Waals surface area contributed by atoms with Crippen LogP contribution >= 0.6 is 11.3 Å². The first kappa shape index (κ1) is 13.1. The highest BCUT2D eigenvalue weighted by Gasteiger charge is 2.12. The lowest BCUT2D eigenvalue weighted by molar-refractivity contribution is 0.291. The fourth-order valence-corrected chi connectivity index (χ4v) is 3.27. The summed E-state index contributed by atoms with van der Waals surface area (Å²) in [6.07, 6.45) is 0. The second kappa shape index (κ2) is 5.61. The Hall–Kier alpha value is -1.91. The minimum atomic E-state index is -0.346. The maximum Gasteiger partial charge on any atom is 0.165 e. The Bertz CT molecular complexity index is 738. The number of halogens is 1. The van der Waals surface area contributed by atoms with Crippen LogP contribution in [0.25, 0.3) is 10.1 Å². The van der Waals surface area contributed by atoms with E-state index in [-0.39, 0.29) is 11.6 Å². The van der Waals surface area contributed by atoms with Crippen LogP contribution in [0.4, 0.5) is 4.39 Å². The molecule has 3 aromatic rings. The summed E-state index contributed by atoms with van der Waals surface area (Å²) in [6, 6.07) is 14.5. The molecule has 3 rings (SSSR count). The molecule has 1 heterocycles. The van der Waals surface area contributed by atoms with Crippen molar-refractivity contribution in [1.29, 1.82) is 0 Å². The fourth-order valence-electron chi connectivity index (χ4n) is 2.18. The van der Waals surface area contributed by atoms with Gasteiger partial charge in [-0.05, 0) is 23.6 Å². The third-order valence-electron chi connectivity index (χ3n) is 3.18. The number of fused-ring (bicyclic) bond motifs is 1. The van der Waals surface area contributed by atoms with Crippen molar-refractivity contribution in [2.24, 2.45) is 5.73 Å². The third kappa shape index (κ3) is 2.40. The van der Waals surface area contributed by atoms with Gasteiger partial charge in [0.15, 0.2) is 11.6 Å². The molecule has 0 saturated heterocycles. The average Bonchev–Trinajstić information content (AvgIpc) is 2.84. The lowest BCUT2D eigenvalue weighted by Gasteiger charge is -2.08. The van der Waals surface area contributed by atoms with Crippen molar-refractivity contribution >= 4 is 21.4 Å². The Morgan fingerprint density at radius 2 is 1.80 bits per heavy atom. The van der Waals surface area contributed by atoms with Gasteiger partial charge in [-0.2, -0.15) is 0 Å². The van der Waals surface area contributed by atoms with Crippen LogP contribution in [-0.4, -0.2) is 0 Å². The van der Waals surface area contributed by atoms with E-state index in [1.54, 1.807) is 29.5 Å². The van der Waals surface area contributed by atoms with Gasteiger partial charge in [0, 0.05) is 21.7 Å². The van der Waals surface area contributed by atoms with Gasteiger partial charge in [-0.1, -0.05) is 30.3 Å². The number of hydrogen-bond acceptors (Lipinski definition) is 3. The number of rotatable bonds is 4. The number of hydrogen-bond donors (Lipinski definition) is 1. The predicted octanol–water partition coefficient (Wildman–Crippen LogP) is 4.08. The van der Waals surface area contributed by atoms with E-state index in [1.165, 1.54) is 10.8 Å². The Morgan fingerprint density at radius 3 is 2.60 bits per heavy atom. The zero-order valence-electron chi connectivity index (χ0n) is 10.8. The monoisotopic (exact) mass is 287 g/mol. The largest absolute Gasteiger partial charge is 0.486 e. The quantitative estimate of drug-likeness (QED) is 0.784. The summed E-state index contributed by atoms with van der Waals surface area (Å²) in [5, 5.41) is 1.13. The topological polar surface area (TPSA) is 35.2 Å². The highest BCUT2D eigenvalue weighted by molar-refractivity contribution is 7.19. The minimum Gasteiger partial charge on any atom is -0.486 e. The zero-order valence-corrected chi connectivity index (χ0v) is 11.6. The summed E-state index contributed by atoms with van der Waals surface area (Å²) in [7, 11) is 0. The van der Waals surface area contributed by atoms with Crippen molar-refractivity contribution in [2.75, 3.05) is 0 Å². The van der Waals surface area contributed by atoms with Crippen LogP contribution in [0.2, 0.25) is 0 Å². The molecule has 0 amide bonds. The van der Waals surface area contributed by atoms with E-state index in [9.17, 15) is 4.39 Å². The molecule has 0 bridgehead atoms.